The second-order valence-corrected chi connectivity index (χ2v) is 4.51. The molecule has 0 aromatic rings. The molecule has 2 heterocycles. The van der Waals surface area contributed by atoms with E-state index >= 15 is 0 Å². The lowest BCUT2D eigenvalue weighted by atomic mass is 9.74. The molecule has 2 aliphatic rings. The maximum absolute atomic E-state index is 12.2. The van der Waals surface area contributed by atoms with Gasteiger partial charge in [-0.3, -0.25) is 14.9 Å². The normalized spacial score (nSPS) is 32.6. The first-order chi connectivity index (χ1) is 8.64. The van der Waals surface area contributed by atoms with E-state index in [0.717, 1.165) is 11.3 Å². The van der Waals surface area contributed by atoms with Gasteiger partial charge in [0.05, 0.1) is 0 Å². The molecule has 2 rings (SSSR count). The molecular formula is C14H17NO3. The van der Waals surface area contributed by atoms with E-state index < -0.39 is 5.41 Å². The Morgan fingerprint density at radius 1 is 1.33 bits per heavy atom. The third kappa shape index (κ3) is 1.88. The summed E-state index contributed by atoms with van der Waals surface area (Å²) in [6, 6.07) is 0. The molecule has 0 bridgehead atoms. The van der Waals surface area contributed by atoms with E-state index in [0.29, 0.717) is 19.4 Å². The molecule has 4 heteroatoms. The first-order valence-corrected chi connectivity index (χ1v) is 6.11. The molecule has 1 N–H and O–H groups in total. The third-order valence-corrected chi connectivity index (χ3v) is 3.44. The average Bonchev–Trinajstić information content (AvgIpc) is 2.71. The van der Waals surface area contributed by atoms with Gasteiger partial charge in [0.1, 0.15) is 17.8 Å². The number of ether oxygens (including phenoxy) is 1. The van der Waals surface area contributed by atoms with Crippen molar-refractivity contribution in [3.63, 3.8) is 0 Å². The van der Waals surface area contributed by atoms with Gasteiger partial charge in [0.25, 0.3) is 0 Å². The lowest BCUT2D eigenvalue weighted by Gasteiger charge is -2.30. The molecule has 96 valence electrons. The van der Waals surface area contributed by atoms with Crippen molar-refractivity contribution in [1.29, 1.82) is 0 Å². The second-order valence-electron chi connectivity index (χ2n) is 4.51. The van der Waals surface area contributed by atoms with Crippen LogP contribution in [0, 0.1) is 5.41 Å². The first kappa shape index (κ1) is 12.6. The fraction of sp³-hybridized carbons (Fsp3) is 0.429. The monoisotopic (exact) mass is 247 g/mol. The highest BCUT2D eigenvalue weighted by atomic mass is 16.5. The number of carbonyl (C=O) groups is 2. The number of hydrogen-bond acceptors (Lipinski definition) is 3. The number of allylic oxidation sites excluding steroid dienone is 5. The van der Waals surface area contributed by atoms with Gasteiger partial charge in [-0.1, -0.05) is 18.2 Å². The largest absolute Gasteiger partial charge is 0.492 e. The molecule has 18 heavy (non-hydrogen) atoms. The molecule has 2 amide bonds. The van der Waals surface area contributed by atoms with Crippen LogP contribution in [0.5, 0.6) is 0 Å². The number of nitrogens with one attached hydrogen (secondary N) is 1. The van der Waals surface area contributed by atoms with Crippen molar-refractivity contribution in [1.82, 2.24) is 5.32 Å². The van der Waals surface area contributed by atoms with E-state index in [-0.39, 0.29) is 11.8 Å². The predicted molar refractivity (Wildman–Crippen MR) is 67.4 cm³/mol. The maximum atomic E-state index is 12.2. The van der Waals surface area contributed by atoms with Crippen LogP contribution >= 0.6 is 0 Å². The minimum atomic E-state index is -0.699. The number of hydrogen-bond donors (Lipinski definition) is 1. The summed E-state index contributed by atoms with van der Waals surface area (Å²) < 4.78 is 5.60. The van der Waals surface area contributed by atoms with Crippen molar-refractivity contribution in [3.05, 3.63) is 35.6 Å². The van der Waals surface area contributed by atoms with Gasteiger partial charge in [0.2, 0.25) is 11.8 Å². The van der Waals surface area contributed by atoms with Crippen LogP contribution < -0.4 is 5.32 Å². The Balaban J connectivity index is 2.43. The van der Waals surface area contributed by atoms with Crippen LogP contribution in [-0.2, 0) is 14.3 Å². The number of amides is 2. The molecule has 2 saturated heterocycles. The highest BCUT2D eigenvalue weighted by Gasteiger charge is 2.51. The molecule has 1 spiro atoms. The van der Waals surface area contributed by atoms with Gasteiger partial charge in [-0.15, -0.1) is 0 Å². The summed E-state index contributed by atoms with van der Waals surface area (Å²) in [5, 5.41) is 2.41. The van der Waals surface area contributed by atoms with Crippen LogP contribution in [0.2, 0.25) is 0 Å². The van der Waals surface area contributed by atoms with E-state index in [1.54, 1.807) is 0 Å². The van der Waals surface area contributed by atoms with Crippen LogP contribution in [0.25, 0.3) is 0 Å². The molecule has 0 saturated carbocycles. The van der Waals surface area contributed by atoms with E-state index in [4.69, 9.17) is 4.74 Å². The minimum absolute atomic E-state index is 0.204. The molecule has 4 nitrogen and oxygen atoms in total. The SMILES string of the molecule is C\C=C/C=C1\C(=C/C)OCC12CCC(=O)NC2=O. The first-order valence-electron chi connectivity index (χ1n) is 6.11. The van der Waals surface area contributed by atoms with Crippen molar-refractivity contribution >= 4 is 11.8 Å². The topological polar surface area (TPSA) is 55.4 Å². The Bertz CT molecular complexity index is 473. The zero-order chi connectivity index (χ0) is 13.2. The van der Waals surface area contributed by atoms with Crippen LogP contribution in [-0.4, -0.2) is 18.4 Å². The standard InChI is InChI=1S/C14H17NO3/c1-3-5-6-10-11(4-2)18-9-14(10)8-7-12(16)15-13(14)17/h3-6H,7-9H2,1-2H3,(H,15,16,17)/b5-3-,10-6+,11-4+. The lowest BCUT2D eigenvalue weighted by molar-refractivity contribution is -0.140. The number of piperidine rings is 1. The van der Waals surface area contributed by atoms with E-state index in [1.807, 2.05) is 38.2 Å². The van der Waals surface area contributed by atoms with Crippen LogP contribution in [0.4, 0.5) is 0 Å². The lowest BCUT2D eigenvalue weighted by Crippen LogP contribution is -2.49. The Labute approximate surface area is 106 Å². The van der Waals surface area contributed by atoms with Gasteiger partial charge >= 0.3 is 0 Å². The van der Waals surface area contributed by atoms with Crippen molar-refractivity contribution < 1.29 is 14.3 Å². The molecule has 1 unspecified atom stereocenters. The second kappa shape index (κ2) is 4.80. The predicted octanol–water partition coefficient (Wildman–Crippen LogP) is 1.85. The summed E-state index contributed by atoms with van der Waals surface area (Å²) in [6.07, 6.45) is 8.42. The summed E-state index contributed by atoms with van der Waals surface area (Å²) in [5.74, 6) is 0.286. The summed E-state index contributed by atoms with van der Waals surface area (Å²) in [6.45, 7) is 4.11. The van der Waals surface area contributed by atoms with Gasteiger partial charge < -0.3 is 4.74 Å². The minimum Gasteiger partial charge on any atom is -0.492 e. The Morgan fingerprint density at radius 3 is 2.72 bits per heavy atom. The summed E-state index contributed by atoms with van der Waals surface area (Å²) in [5.41, 5.74) is 0.169. The maximum Gasteiger partial charge on any atom is 0.240 e. The molecule has 0 aromatic carbocycles. The van der Waals surface area contributed by atoms with Crippen molar-refractivity contribution in [2.24, 2.45) is 5.41 Å². The van der Waals surface area contributed by atoms with Gasteiger partial charge in [-0.2, -0.15) is 0 Å². The van der Waals surface area contributed by atoms with Crippen molar-refractivity contribution in [2.45, 2.75) is 26.7 Å². The highest BCUT2D eigenvalue weighted by Crippen LogP contribution is 2.45. The number of rotatable bonds is 1. The fourth-order valence-electron chi connectivity index (χ4n) is 2.41. The van der Waals surface area contributed by atoms with E-state index in [2.05, 4.69) is 5.32 Å². The average molecular weight is 247 g/mol. The molecule has 2 aliphatic heterocycles. The smallest absolute Gasteiger partial charge is 0.240 e. The highest BCUT2D eigenvalue weighted by molar-refractivity contribution is 6.03. The third-order valence-electron chi connectivity index (χ3n) is 3.44. The van der Waals surface area contributed by atoms with Crippen LogP contribution in [0.3, 0.4) is 0 Å². The molecule has 0 aromatic heterocycles. The fourth-order valence-corrected chi connectivity index (χ4v) is 2.41. The number of carbonyl (C=O) groups excluding carboxylic acids is 2. The molecule has 2 fully saturated rings. The molecular weight excluding hydrogens is 230 g/mol. The molecule has 1 atom stereocenters. The zero-order valence-corrected chi connectivity index (χ0v) is 10.7. The van der Waals surface area contributed by atoms with Crippen LogP contribution in [0.1, 0.15) is 26.7 Å². The Morgan fingerprint density at radius 2 is 2.11 bits per heavy atom. The number of imide groups is 1. The van der Waals surface area contributed by atoms with E-state index in [1.165, 1.54) is 0 Å². The molecule has 0 radical (unpaired) electrons. The Kier molecular flexibility index (Phi) is 3.36. The Hall–Kier alpha value is -1.84. The quantitative estimate of drug-likeness (QED) is 0.719. The summed E-state index contributed by atoms with van der Waals surface area (Å²) in [4.78, 5) is 23.4. The molecule has 0 aliphatic carbocycles. The van der Waals surface area contributed by atoms with Crippen LogP contribution in [0.15, 0.2) is 35.6 Å². The summed E-state index contributed by atoms with van der Waals surface area (Å²) >= 11 is 0. The van der Waals surface area contributed by atoms with Crippen molar-refractivity contribution in [2.75, 3.05) is 6.61 Å². The van der Waals surface area contributed by atoms with Crippen molar-refractivity contribution in [3.8, 4) is 0 Å². The van der Waals surface area contributed by atoms with Gasteiger partial charge in [-0.05, 0) is 26.3 Å². The van der Waals surface area contributed by atoms with Gasteiger partial charge in [0.15, 0.2) is 0 Å². The van der Waals surface area contributed by atoms with Gasteiger partial charge in [0, 0.05) is 12.0 Å². The zero-order valence-electron chi connectivity index (χ0n) is 10.7. The summed E-state index contributed by atoms with van der Waals surface area (Å²) in [7, 11) is 0. The van der Waals surface area contributed by atoms with Gasteiger partial charge in [-0.25, -0.2) is 0 Å². The van der Waals surface area contributed by atoms with E-state index in [9.17, 15) is 9.59 Å².